The van der Waals surface area contributed by atoms with Crippen molar-refractivity contribution in [2.45, 2.75) is 40.0 Å². The van der Waals surface area contributed by atoms with Gasteiger partial charge in [-0.1, -0.05) is 67.9 Å². The Morgan fingerprint density at radius 1 is 1.16 bits per heavy atom. The minimum absolute atomic E-state index is 0.0192. The number of halogens is 2. The van der Waals surface area contributed by atoms with Crippen LogP contribution >= 0.6 is 22.9 Å². The van der Waals surface area contributed by atoms with E-state index in [1.165, 1.54) is 35.1 Å². The second-order valence-electron chi connectivity index (χ2n) is 8.78. The minimum Gasteiger partial charge on any atom is -0.462 e. The Hall–Kier alpha value is -3.49. The molecule has 0 aliphatic carbocycles. The molecule has 0 aliphatic heterocycles. The van der Waals surface area contributed by atoms with E-state index in [0.29, 0.717) is 22.9 Å². The molecule has 0 radical (unpaired) electrons. The van der Waals surface area contributed by atoms with Crippen molar-refractivity contribution in [1.29, 1.82) is 0 Å². The Morgan fingerprint density at radius 3 is 2.54 bits per heavy atom. The van der Waals surface area contributed by atoms with Gasteiger partial charge in [-0.2, -0.15) is 0 Å². The molecule has 2 heterocycles. The maximum atomic E-state index is 14.6. The van der Waals surface area contributed by atoms with Gasteiger partial charge >= 0.3 is 5.97 Å². The fourth-order valence-electron chi connectivity index (χ4n) is 3.88. The van der Waals surface area contributed by atoms with Crippen LogP contribution in [-0.4, -0.2) is 23.6 Å². The second kappa shape index (κ2) is 11.3. The van der Waals surface area contributed by atoms with Crippen molar-refractivity contribution in [3.8, 4) is 22.4 Å². The predicted molar refractivity (Wildman–Crippen MR) is 144 cm³/mol. The van der Waals surface area contributed by atoms with Gasteiger partial charge < -0.3 is 14.6 Å². The number of aromatic nitrogens is 1. The van der Waals surface area contributed by atoms with Gasteiger partial charge in [-0.05, 0) is 42.5 Å². The Balaban J connectivity index is 1.74. The van der Waals surface area contributed by atoms with E-state index in [2.05, 4.69) is 24.3 Å². The highest BCUT2D eigenvalue weighted by Crippen LogP contribution is 2.38. The molecule has 0 bridgehead atoms. The molecule has 9 heteroatoms. The number of carbonyl (C=O) groups is 2. The standard InChI is InChI=1S/C28H26ClFN2O4S/c1-5-13-35-28(34)23-19(18-11-9-17(10-12-18)15(2)3)14-37-27(23)31-26(33)22-16(4)36-32-25(22)24-20(29)7-6-8-21(24)30/h6-12,14-15H,5,13H2,1-4H3,(H,31,33). The predicted octanol–water partition coefficient (Wildman–Crippen LogP) is 8.11. The van der Waals surface area contributed by atoms with Crippen molar-refractivity contribution in [2.75, 3.05) is 11.9 Å². The number of ether oxygens (including phenoxy) is 1. The Morgan fingerprint density at radius 2 is 1.89 bits per heavy atom. The summed E-state index contributed by atoms with van der Waals surface area (Å²) in [5, 5.41) is 8.89. The molecular formula is C28H26ClFN2O4S. The third kappa shape index (κ3) is 5.45. The fourth-order valence-corrected chi connectivity index (χ4v) is 5.08. The zero-order valence-corrected chi connectivity index (χ0v) is 22.4. The van der Waals surface area contributed by atoms with Crippen LogP contribution in [-0.2, 0) is 4.74 Å². The van der Waals surface area contributed by atoms with Crippen molar-refractivity contribution < 1.29 is 23.2 Å². The number of nitrogens with zero attached hydrogens (tertiary/aromatic N) is 1. The summed E-state index contributed by atoms with van der Waals surface area (Å²) in [6.07, 6.45) is 0.655. The van der Waals surface area contributed by atoms with Gasteiger partial charge in [0.15, 0.2) is 0 Å². The van der Waals surface area contributed by atoms with Gasteiger partial charge in [0, 0.05) is 10.9 Å². The Bertz CT molecular complexity index is 1420. The third-order valence-corrected chi connectivity index (χ3v) is 7.05. The number of amides is 1. The number of thiophene rings is 1. The quantitative estimate of drug-likeness (QED) is 0.228. The van der Waals surface area contributed by atoms with Crippen molar-refractivity contribution >= 4 is 39.8 Å². The van der Waals surface area contributed by atoms with Gasteiger partial charge in [0.25, 0.3) is 5.91 Å². The van der Waals surface area contributed by atoms with Crippen molar-refractivity contribution in [3.05, 3.63) is 81.1 Å². The largest absolute Gasteiger partial charge is 0.462 e. The van der Waals surface area contributed by atoms with Crippen LogP contribution in [0.2, 0.25) is 5.02 Å². The molecule has 0 saturated heterocycles. The summed E-state index contributed by atoms with van der Waals surface area (Å²) < 4.78 is 25.3. The number of esters is 1. The van der Waals surface area contributed by atoms with Crippen molar-refractivity contribution in [3.63, 3.8) is 0 Å². The number of hydrogen-bond acceptors (Lipinski definition) is 6. The van der Waals surface area contributed by atoms with Crippen molar-refractivity contribution in [1.82, 2.24) is 5.16 Å². The van der Waals surface area contributed by atoms with Crippen LogP contribution in [0.4, 0.5) is 9.39 Å². The third-order valence-electron chi connectivity index (χ3n) is 5.84. The van der Waals surface area contributed by atoms with Gasteiger partial charge in [-0.25, -0.2) is 9.18 Å². The lowest BCUT2D eigenvalue weighted by Gasteiger charge is -2.11. The summed E-state index contributed by atoms with van der Waals surface area (Å²) in [7, 11) is 0. The first kappa shape index (κ1) is 26.6. The molecule has 2 aromatic heterocycles. The molecule has 2 aromatic carbocycles. The SMILES string of the molecule is CCCOC(=O)c1c(-c2ccc(C(C)C)cc2)csc1NC(=O)c1c(-c2c(F)cccc2Cl)noc1C. The molecule has 4 rings (SSSR count). The van der Waals surface area contributed by atoms with Gasteiger partial charge in [0.1, 0.15) is 33.4 Å². The lowest BCUT2D eigenvalue weighted by atomic mass is 9.98. The summed E-state index contributed by atoms with van der Waals surface area (Å²) >= 11 is 7.41. The second-order valence-corrected chi connectivity index (χ2v) is 10.1. The van der Waals surface area contributed by atoms with Gasteiger partial charge in [-0.15, -0.1) is 11.3 Å². The van der Waals surface area contributed by atoms with E-state index < -0.39 is 17.7 Å². The topological polar surface area (TPSA) is 81.4 Å². The molecule has 4 aromatic rings. The van der Waals surface area contributed by atoms with Crippen LogP contribution < -0.4 is 5.32 Å². The summed E-state index contributed by atoms with van der Waals surface area (Å²) in [6.45, 7) is 7.91. The van der Waals surface area contributed by atoms with Crippen LogP contribution in [0.15, 0.2) is 52.4 Å². The van der Waals surface area contributed by atoms with E-state index >= 15 is 0 Å². The summed E-state index contributed by atoms with van der Waals surface area (Å²) in [4.78, 5) is 26.5. The highest BCUT2D eigenvalue weighted by molar-refractivity contribution is 7.15. The van der Waals surface area contributed by atoms with Gasteiger partial charge in [-0.3, -0.25) is 4.79 Å². The molecular weight excluding hydrogens is 515 g/mol. The van der Waals surface area contributed by atoms with Crippen LogP contribution in [0.25, 0.3) is 22.4 Å². The summed E-state index contributed by atoms with van der Waals surface area (Å²) in [5.41, 5.74) is 2.87. The summed E-state index contributed by atoms with van der Waals surface area (Å²) in [5.74, 6) is -1.24. The number of benzene rings is 2. The highest BCUT2D eigenvalue weighted by Gasteiger charge is 2.28. The number of nitrogens with one attached hydrogen (secondary N) is 1. The first-order valence-electron chi connectivity index (χ1n) is 11.8. The van der Waals surface area contributed by atoms with Crippen LogP contribution in [0, 0.1) is 12.7 Å². The maximum absolute atomic E-state index is 14.6. The lowest BCUT2D eigenvalue weighted by molar-refractivity contribution is 0.0507. The van der Waals surface area contributed by atoms with E-state index in [-0.39, 0.29) is 39.8 Å². The molecule has 192 valence electrons. The average molecular weight is 541 g/mol. The average Bonchev–Trinajstić information content (AvgIpc) is 3.46. The molecule has 0 aliphatic rings. The molecule has 0 atom stereocenters. The Kier molecular flexibility index (Phi) is 8.10. The lowest BCUT2D eigenvalue weighted by Crippen LogP contribution is -2.16. The number of rotatable bonds is 8. The molecule has 0 unspecified atom stereocenters. The first-order chi connectivity index (χ1) is 17.7. The van der Waals surface area contributed by atoms with Gasteiger partial charge in [0.2, 0.25) is 0 Å². The number of aryl methyl sites for hydroxylation is 1. The molecule has 1 N–H and O–H groups in total. The first-order valence-corrected chi connectivity index (χ1v) is 13.1. The number of hydrogen-bond donors (Lipinski definition) is 1. The molecule has 0 fully saturated rings. The molecule has 0 spiro atoms. The Labute approximate surface area is 223 Å². The molecule has 1 amide bonds. The van der Waals surface area contributed by atoms with Gasteiger partial charge in [0.05, 0.1) is 17.2 Å². The van der Waals surface area contributed by atoms with E-state index in [1.54, 1.807) is 12.3 Å². The number of anilines is 1. The van der Waals surface area contributed by atoms with E-state index in [9.17, 15) is 14.0 Å². The molecule has 0 saturated carbocycles. The smallest absolute Gasteiger partial charge is 0.341 e. The minimum atomic E-state index is -0.637. The van der Waals surface area contributed by atoms with E-state index in [0.717, 1.165) is 5.56 Å². The van der Waals surface area contributed by atoms with Crippen LogP contribution in [0.3, 0.4) is 0 Å². The fraction of sp³-hybridized carbons (Fsp3) is 0.250. The zero-order chi connectivity index (χ0) is 26.7. The van der Waals surface area contributed by atoms with Crippen molar-refractivity contribution in [2.24, 2.45) is 0 Å². The molecule has 6 nitrogen and oxygen atoms in total. The van der Waals surface area contributed by atoms with E-state index in [4.69, 9.17) is 20.9 Å². The highest BCUT2D eigenvalue weighted by atomic mass is 35.5. The summed E-state index contributed by atoms with van der Waals surface area (Å²) in [6, 6.07) is 12.1. The monoisotopic (exact) mass is 540 g/mol. The zero-order valence-electron chi connectivity index (χ0n) is 20.9. The number of carbonyl (C=O) groups excluding carboxylic acids is 2. The van der Waals surface area contributed by atoms with Crippen LogP contribution in [0.1, 0.15) is 65.1 Å². The van der Waals surface area contributed by atoms with E-state index in [1.807, 2.05) is 31.2 Å². The molecule has 37 heavy (non-hydrogen) atoms. The maximum Gasteiger partial charge on any atom is 0.341 e. The van der Waals surface area contributed by atoms with Crippen LogP contribution in [0.5, 0.6) is 0 Å². The normalized spacial score (nSPS) is 11.1.